The van der Waals surface area contributed by atoms with Crippen LogP contribution >= 0.6 is 0 Å². The number of hydrogen-bond acceptors (Lipinski definition) is 5. The monoisotopic (exact) mass is 484 g/mol. The Morgan fingerprint density at radius 3 is 2.50 bits per heavy atom. The fraction of sp³-hybridized carbons (Fsp3) is 0.346. The lowest BCUT2D eigenvalue weighted by Crippen LogP contribution is -2.40. The maximum atomic E-state index is 11.7. The first-order valence-corrected chi connectivity index (χ1v) is 12.8. The molecule has 1 atom stereocenters. The van der Waals surface area contributed by atoms with Crippen LogP contribution in [0.1, 0.15) is 45.1 Å². The zero-order chi connectivity index (χ0) is 24.8. The van der Waals surface area contributed by atoms with Gasteiger partial charge in [0.1, 0.15) is 0 Å². The van der Waals surface area contributed by atoms with Gasteiger partial charge in [-0.15, -0.1) is 0 Å². The molecule has 1 aliphatic heterocycles. The van der Waals surface area contributed by atoms with Crippen LogP contribution in [-0.4, -0.2) is 36.6 Å². The lowest BCUT2D eigenvalue weighted by atomic mass is 9.80. The molecule has 0 bridgehead atoms. The Morgan fingerprint density at radius 2 is 1.82 bits per heavy atom. The number of fused-ring (bicyclic) bond motifs is 1. The zero-order valence-corrected chi connectivity index (χ0v) is 20.3. The van der Waals surface area contributed by atoms with Gasteiger partial charge in [-0.1, -0.05) is 50.6 Å². The van der Waals surface area contributed by atoms with Crippen LogP contribution in [0.5, 0.6) is 0 Å². The fourth-order valence-electron chi connectivity index (χ4n) is 4.38. The summed E-state index contributed by atoms with van der Waals surface area (Å²) in [4.78, 5) is 12.9. The molecule has 2 aromatic rings. The Balaban J connectivity index is 1.80. The highest BCUT2D eigenvalue weighted by atomic mass is 32.2. The van der Waals surface area contributed by atoms with Gasteiger partial charge in [-0.05, 0) is 54.8 Å². The van der Waals surface area contributed by atoms with Crippen molar-refractivity contribution in [3.63, 3.8) is 0 Å². The third-order valence-electron chi connectivity index (χ3n) is 6.16. The van der Waals surface area contributed by atoms with Gasteiger partial charge in [0, 0.05) is 36.0 Å². The smallest absolute Gasteiger partial charge is 0.303 e. The lowest BCUT2D eigenvalue weighted by molar-refractivity contribution is -0.137. The van der Waals surface area contributed by atoms with Crippen LogP contribution < -0.4 is 10.2 Å². The molecule has 1 aliphatic rings. The normalized spacial score (nSPS) is 17.4. The molecule has 0 radical (unpaired) electrons. The number of unbranched alkanes of at least 4 members (excludes halogenated alkanes) is 2. The molecule has 0 saturated carbocycles. The Labute approximate surface area is 201 Å². The maximum Gasteiger partial charge on any atom is 0.303 e. The molecule has 3 rings (SSSR count). The molecule has 34 heavy (non-hydrogen) atoms. The van der Waals surface area contributed by atoms with Crippen molar-refractivity contribution in [2.45, 2.75) is 55.9 Å². The van der Waals surface area contributed by atoms with Gasteiger partial charge in [0.05, 0.1) is 10.9 Å². The first-order valence-electron chi connectivity index (χ1n) is 11.4. The zero-order valence-electron chi connectivity index (χ0n) is 19.5. The Bertz CT molecular complexity index is 1160. The largest absolute Gasteiger partial charge is 0.481 e. The molecule has 0 aliphatic carbocycles. The average molecular weight is 485 g/mol. The van der Waals surface area contributed by atoms with Crippen LogP contribution in [0.4, 0.5) is 11.4 Å². The number of carboxylic acids is 1. The number of hydrogen-bond donors (Lipinski definition) is 3. The van der Waals surface area contributed by atoms with E-state index < -0.39 is 21.5 Å². The number of nitrogens with zero attached hydrogens (tertiary/aromatic N) is 1. The van der Waals surface area contributed by atoms with Crippen molar-refractivity contribution >= 4 is 27.5 Å². The van der Waals surface area contributed by atoms with E-state index in [-0.39, 0.29) is 17.4 Å². The van der Waals surface area contributed by atoms with E-state index >= 15 is 0 Å². The molecule has 0 spiro atoms. The minimum absolute atomic E-state index is 0.0417. The molecule has 1 unspecified atom stereocenters. The molecular formula is C26H32N2O5S. The van der Waals surface area contributed by atoms with Crippen molar-refractivity contribution in [1.29, 1.82) is 0 Å². The summed E-state index contributed by atoms with van der Waals surface area (Å²) < 4.78 is 33.0. The van der Waals surface area contributed by atoms with Crippen molar-refractivity contribution in [2.24, 2.45) is 0 Å². The van der Waals surface area contributed by atoms with Crippen molar-refractivity contribution in [3.8, 4) is 0 Å². The van der Waals surface area contributed by atoms with Crippen molar-refractivity contribution in [1.82, 2.24) is 0 Å². The molecule has 1 heterocycles. The molecule has 3 N–H and O–H groups in total. The summed E-state index contributed by atoms with van der Waals surface area (Å²) in [5, 5.41) is 12.1. The predicted molar refractivity (Wildman–Crippen MR) is 135 cm³/mol. The quantitative estimate of drug-likeness (QED) is 0.228. The summed E-state index contributed by atoms with van der Waals surface area (Å²) in [5.41, 5.74) is 2.36. The SMILES string of the molecule is CC1(C)c2cc(S(=O)(=O)O)ccc2N(CCCCCC(=O)O)C1/C=C/C=C/Nc1ccccc1. The summed E-state index contributed by atoms with van der Waals surface area (Å²) in [6, 6.07) is 14.5. The standard InChI is InChI=1S/C26H32N2O5S/c1-26(2)22-19-21(34(31,32)33)15-16-23(22)28(18-10-4-7-14-25(29)30)24(26)13-8-9-17-27-20-11-5-3-6-12-20/h3,5-6,8-9,11-13,15-17,19,24,27H,4,7,10,14,18H2,1-2H3,(H,29,30)(H,31,32,33)/b13-8+,17-9+. The van der Waals surface area contributed by atoms with Gasteiger partial charge in [-0.2, -0.15) is 8.42 Å². The molecule has 0 aromatic heterocycles. The second-order valence-electron chi connectivity index (χ2n) is 8.97. The number of nitrogens with one attached hydrogen (secondary N) is 1. The van der Waals surface area contributed by atoms with E-state index in [0.29, 0.717) is 13.0 Å². The van der Waals surface area contributed by atoms with Crippen LogP contribution in [0.25, 0.3) is 0 Å². The molecule has 2 aromatic carbocycles. The minimum atomic E-state index is -4.30. The third kappa shape index (κ3) is 6.27. The van der Waals surface area contributed by atoms with Gasteiger partial charge in [-0.25, -0.2) is 0 Å². The van der Waals surface area contributed by atoms with E-state index in [0.717, 1.165) is 29.8 Å². The maximum absolute atomic E-state index is 11.7. The van der Waals surface area contributed by atoms with E-state index in [1.807, 2.05) is 48.7 Å². The van der Waals surface area contributed by atoms with Crippen LogP contribution in [0.15, 0.2) is 77.9 Å². The summed E-state index contributed by atoms with van der Waals surface area (Å²) in [6.45, 7) is 4.83. The molecule has 8 heteroatoms. The van der Waals surface area contributed by atoms with Gasteiger partial charge in [-0.3, -0.25) is 9.35 Å². The lowest BCUT2D eigenvalue weighted by Gasteiger charge is -2.32. The van der Waals surface area contributed by atoms with E-state index in [2.05, 4.69) is 30.1 Å². The number of anilines is 2. The number of aliphatic carboxylic acids is 1. The summed E-state index contributed by atoms with van der Waals surface area (Å²) in [6.07, 6.45) is 10.2. The van der Waals surface area contributed by atoms with Crippen LogP contribution in [0, 0.1) is 0 Å². The second kappa shape index (κ2) is 10.9. The van der Waals surface area contributed by atoms with E-state index in [4.69, 9.17) is 5.11 Å². The Kier molecular flexibility index (Phi) is 8.17. The highest BCUT2D eigenvalue weighted by Crippen LogP contribution is 2.46. The summed E-state index contributed by atoms with van der Waals surface area (Å²) in [7, 11) is -4.30. The first-order chi connectivity index (χ1) is 16.1. The van der Waals surface area contributed by atoms with Crippen molar-refractivity contribution in [3.05, 3.63) is 78.5 Å². The fourth-order valence-corrected chi connectivity index (χ4v) is 4.89. The average Bonchev–Trinajstić information content (AvgIpc) is 2.99. The first kappa shape index (κ1) is 25.5. The second-order valence-corrected chi connectivity index (χ2v) is 10.4. The third-order valence-corrected chi connectivity index (χ3v) is 7.01. The van der Waals surface area contributed by atoms with Gasteiger partial charge >= 0.3 is 5.97 Å². The van der Waals surface area contributed by atoms with E-state index in [1.165, 1.54) is 6.07 Å². The van der Waals surface area contributed by atoms with Gasteiger partial charge < -0.3 is 15.3 Å². The van der Waals surface area contributed by atoms with Crippen molar-refractivity contribution < 1.29 is 22.9 Å². The highest BCUT2D eigenvalue weighted by Gasteiger charge is 2.43. The van der Waals surface area contributed by atoms with Gasteiger partial charge in [0.15, 0.2) is 0 Å². The topological polar surface area (TPSA) is 107 Å². The number of allylic oxidation sites excluding steroid dienone is 2. The number of para-hydroxylation sites is 1. The molecule has 0 saturated heterocycles. The molecule has 0 amide bonds. The molecule has 0 fully saturated rings. The Hall–Kier alpha value is -3.10. The van der Waals surface area contributed by atoms with E-state index in [9.17, 15) is 17.8 Å². The molecular weight excluding hydrogens is 452 g/mol. The van der Waals surface area contributed by atoms with Crippen LogP contribution in [0.2, 0.25) is 0 Å². The summed E-state index contributed by atoms with van der Waals surface area (Å²) >= 11 is 0. The number of rotatable bonds is 11. The van der Waals surface area contributed by atoms with Crippen LogP contribution in [-0.2, 0) is 20.3 Å². The highest BCUT2D eigenvalue weighted by molar-refractivity contribution is 7.85. The van der Waals surface area contributed by atoms with Crippen LogP contribution in [0.3, 0.4) is 0 Å². The number of carboxylic acid groups (broad SMARTS) is 1. The molecule has 182 valence electrons. The Morgan fingerprint density at radius 1 is 1.09 bits per heavy atom. The predicted octanol–water partition coefficient (Wildman–Crippen LogP) is 5.23. The van der Waals surface area contributed by atoms with Gasteiger partial charge in [0.25, 0.3) is 10.1 Å². The van der Waals surface area contributed by atoms with E-state index in [1.54, 1.807) is 12.1 Å². The number of benzene rings is 2. The minimum Gasteiger partial charge on any atom is -0.481 e. The number of carbonyl (C=O) groups is 1. The molecule has 7 nitrogen and oxygen atoms in total. The van der Waals surface area contributed by atoms with Crippen molar-refractivity contribution in [2.75, 3.05) is 16.8 Å². The van der Waals surface area contributed by atoms with Gasteiger partial charge in [0.2, 0.25) is 0 Å². The summed E-state index contributed by atoms with van der Waals surface area (Å²) in [5.74, 6) is -0.790.